The monoisotopic (exact) mass is 287 g/mol. The van der Waals surface area contributed by atoms with E-state index in [1.807, 2.05) is 0 Å². The van der Waals surface area contributed by atoms with Crippen LogP contribution in [0.25, 0.3) is 0 Å². The molecule has 0 aliphatic rings. The van der Waals surface area contributed by atoms with Crippen LogP contribution in [0.4, 0.5) is 13.9 Å². The first kappa shape index (κ1) is 12.9. The molecule has 0 atom stereocenters. The third kappa shape index (κ3) is 3.02. The Labute approximate surface area is 109 Å². The molecule has 0 aliphatic heterocycles. The molecule has 2 rings (SSSR count). The van der Waals surface area contributed by atoms with Gasteiger partial charge in [0.05, 0.1) is 11.3 Å². The maximum absolute atomic E-state index is 13.3. The number of hydrogen-bond acceptors (Lipinski definition) is 6. The number of nitrogen functional groups attached to an aromatic ring is 1. The summed E-state index contributed by atoms with van der Waals surface area (Å²) in [6.45, 7) is 0. The van der Waals surface area contributed by atoms with Crippen LogP contribution in [0.15, 0.2) is 22.5 Å². The van der Waals surface area contributed by atoms with Gasteiger partial charge >= 0.3 is 0 Å². The first-order chi connectivity index (χ1) is 8.56. The molecule has 2 N–H and O–H groups in total. The Morgan fingerprint density at radius 3 is 2.78 bits per heavy atom. The number of carbonyl (C=O) groups is 1. The standard InChI is InChI=1S/C10H7F2N3OS2/c11-5-1-2-6(7(12)3-5)8(16)4-17-10-15-14-9(13)18-10/h1-3H,4H2,(H2,13,14). The zero-order valence-corrected chi connectivity index (χ0v) is 10.5. The number of aromatic nitrogens is 2. The number of hydrogen-bond donors (Lipinski definition) is 1. The Kier molecular flexibility index (Phi) is 3.87. The second-order valence-electron chi connectivity index (χ2n) is 3.24. The van der Waals surface area contributed by atoms with Gasteiger partial charge in [-0.2, -0.15) is 0 Å². The SMILES string of the molecule is Nc1nnc(SCC(=O)c2ccc(F)cc2F)s1. The Hall–Kier alpha value is -1.54. The summed E-state index contributed by atoms with van der Waals surface area (Å²) in [5.41, 5.74) is 5.24. The van der Waals surface area contributed by atoms with Crippen molar-refractivity contribution in [1.29, 1.82) is 0 Å². The maximum Gasteiger partial charge on any atom is 0.203 e. The number of carbonyl (C=O) groups excluding carboxylic acids is 1. The van der Waals surface area contributed by atoms with Crippen LogP contribution in [0.1, 0.15) is 10.4 Å². The zero-order chi connectivity index (χ0) is 13.1. The molecule has 0 saturated heterocycles. The second-order valence-corrected chi connectivity index (χ2v) is 5.47. The van der Waals surface area contributed by atoms with E-state index in [1.54, 1.807) is 0 Å². The summed E-state index contributed by atoms with van der Waals surface area (Å²) in [4.78, 5) is 11.7. The third-order valence-electron chi connectivity index (χ3n) is 1.98. The van der Waals surface area contributed by atoms with Crippen LogP contribution in [-0.4, -0.2) is 21.7 Å². The number of halogens is 2. The molecule has 0 bridgehead atoms. The number of thioether (sulfide) groups is 1. The zero-order valence-electron chi connectivity index (χ0n) is 8.89. The van der Waals surface area contributed by atoms with Gasteiger partial charge in [-0.1, -0.05) is 23.1 Å². The van der Waals surface area contributed by atoms with Crippen molar-refractivity contribution in [2.45, 2.75) is 4.34 Å². The fourth-order valence-electron chi connectivity index (χ4n) is 1.20. The van der Waals surface area contributed by atoms with Crippen LogP contribution in [0.2, 0.25) is 0 Å². The number of Topliss-reactive ketones (excluding diaryl/α,β-unsaturated/α-hetero) is 1. The molecule has 0 spiro atoms. The van der Waals surface area contributed by atoms with E-state index in [2.05, 4.69) is 10.2 Å². The Morgan fingerprint density at radius 2 is 2.17 bits per heavy atom. The molecule has 0 radical (unpaired) electrons. The molecule has 0 amide bonds. The van der Waals surface area contributed by atoms with Gasteiger partial charge in [0.2, 0.25) is 5.13 Å². The average Bonchev–Trinajstić information content (AvgIpc) is 2.72. The fourth-order valence-corrected chi connectivity index (χ4v) is 2.72. The van der Waals surface area contributed by atoms with Gasteiger partial charge in [-0.05, 0) is 12.1 Å². The van der Waals surface area contributed by atoms with Crippen molar-refractivity contribution in [3.8, 4) is 0 Å². The number of nitrogens with zero attached hydrogens (tertiary/aromatic N) is 2. The first-order valence-corrected chi connectivity index (χ1v) is 6.56. The van der Waals surface area contributed by atoms with Gasteiger partial charge in [-0.15, -0.1) is 10.2 Å². The Bertz CT molecular complexity index is 588. The lowest BCUT2D eigenvalue weighted by Crippen LogP contribution is -2.05. The highest BCUT2D eigenvalue weighted by molar-refractivity contribution is 8.01. The fraction of sp³-hybridized carbons (Fsp3) is 0.100. The summed E-state index contributed by atoms with van der Waals surface area (Å²) in [5.74, 6) is -2.02. The molecular weight excluding hydrogens is 280 g/mol. The summed E-state index contributed by atoms with van der Waals surface area (Å²) in [7, 11) is 0. The number of ketones is 1. The smallest absolute Gasteiger partial charge is 0.203 e. The van der Waals surface area contributed by atoms with Gasteiger partial charge < -0.3 is 5.73 Å². The molecule has 0 unspecified atom stereocenters. The van der Waals surface area contributed by atoms with E-state index in [0.29, 0.717) is 15.5 Å². The van der Waals surface area contributed by atoms with Crippen LogP contribution < -0.4 is 5.73 Å². The van der Waals surface area contributed by atoms with Crippen LogP contribution in [0.5, 0.6) is 0 Å². The molecule has 1 heterocycles. The van der Waals surface area contributed by atoms with E-state index in [-0.39, 0.29) is 11.3 Å². The third-order valence-corrected chi connectivity index (χ3v) is 3.87. The Balaban J connectivity index is 2.03. The molecule has 0 saturated carbocycles. The van der Waals surface area contributed by atoms with Crippen molar-refractivity contribution in [2.24, 2.45) is 0 Å². The van der Waals surface area contributed by atoms with Crippen molar-refractivity contribution in [2.75, 3.05) is 11.5 Å². The molecule has 0 aliphatic carbocycles. The van der Waals surface area contributed by atoms with Gasteiger partial charge in [0.1, 0.15) is 11.6 Å². The summed E-state index contributed by atoms with van der Waals surface area (Å²) < 4.78 is 26.5. The average molecular weight is 287 g/mol. The second kappa shape index (κ2) is 5.40. The van der Waals surface area contributed by atoms with Crippen LogP contribution in [0.3, 0.4) is 0 Å². The van der Waals surface area contributed by atoms with E-state index >= 15 is 0 Å². The van der Waals surface area contributed by atoms with E-state index in [1.165, 1.54) is 0 Å². The van der Waals surface area contributed by atoms with Crippen LogP contribution in [0, 0.1) is 11.6 Å². The Morgan fingerprint density at radius 1 is 1.39 bits per heavy atom. The van der Waals surface area contributed by atoms with Crippen molar-refractivity contribution in [1.82, 2.24) is 10.2 Å². The van der Waals surface area contributed by atoms with Crippen LogP contribution in [-0.2, 0) is 0 Å². The highest BCUT2D eigenvalue weighted by Gasteiger charge is 2.14. The van der Waals surface area contributed by atoms with Gasteiger partial charge in [0.25, 0.3) is 0 Å². The molecule has 94 valence electrons. The predicted molar refractivity (Wildman–Crippen MR) is 65.7 cm³/mol. The molecule has 2 aromatic rings. The van der Waals surface area contributed by atoms with E-state index in [9.17, 15) is 13.6 Å². The number of nitrogens with two attached hydrogens (primary N) is 1. The lowest BCUT2D eigenvalue weighted by Gasteiger charge is -2.01. The van der Waals surface area contributed by atoms with E-state index in [0.717, 1.165) is 35.2 Å². The number of anilines is 1. The minimum absolute atomic E-state index is 0.00279. The highest BCUT2D eigenvalue weighted by Crippen LogP contribution is 2.24. The molecule has 18 heavy (non-hydrogen) atoms. The molecule has 1 aromatic heterocycles. The minimum Gasteiger partial charge on any atom is -0.374 e. The van der Waals surface area contributed by atoms with Gasteiger partial charge in [0.15, 0.2) is 10.1 Å². The summed E-state index contributed by atoms with van der Waals surface area (Å²) in [5, 5.41) is 7.61. The minimum atomic E-state index is -0.864. The topological polar surface area (TPSA) is 68.9 Å². The normalized spacial score (nSPS) is 10.6. The quantitative estimate of drug-likeness (QED) is 0.690. The predicted octanol–water partition coefficient (Wildman–Crippen LogP) is 2.37. The van der Waals surface area contributed by atoms with Gasteiger partial charge in [0, 0.05) is 6.07 Å². The van der Waals surface area contributed by atoms with Crippen LogP contribution >= 0.6 is 23.1 Å². The molecule has 8 heteroatoms. The lowest BCUT2D eigenvalue weighted by molar-refractivity contribution is 0.101. The van der Waals surface area contributed by atoms with Crippen molar-refractivity contribution in [3.63, 3.8) is 0 Å². The summed E-state index contributed by atoms with van der Waals surface area (Å²) in [6.07, 6.45) is 0. The van der Waals surface area contributed by atoms with E-state index in [4.69, 9.17) is 5.73 Å². The number of rotatable bonds is 4. The highest BCUT2D eigenvalue weighted by atomic mass is 32.2. The summed E-state index contributed by atoms with van der Waals surface area (Å²) >= 11 is 2.26. The molecule has 1 aromatic carbocycles. The van der Waals surface area contributed by atoms with Crippen molar-refractivity contribution >= 4 is 34.0 Å². The van der Waals surface area contributed by atoms with E-state index < -0.39 is 17.4 Å². The maximum atomic E-state index is 13.3. The lowest BCUT2D eigenvalue weighted by atomic mass is 10.1. The molecule has 0 fully saturated rings. The summed E-state index contributed by atoms with van der Waals surface area (Å²) in [6, 6.07) is 2.85. The molecular formula is C10H7F2N3OS2. The number of benzene rings is 1. The van der Waals surface area contributed by atoms with Gasteiger partial charge in [-0.3, -0.25) is 4.79 Å². The largest absolute Gasteiger partial charge is 0.374 e. The van der Waals surface area contributed by atoms with Crippen molar-refractivity contribution < 1.29 is 13.6 Å². The van der Waals surface area contributed by atoms with Crippen molar-refractivity contribution in [3.05, 3.63) is 35.4 Å². The van der Waals surface area contributed by atoms with Gasteiger partial charge in [-0.25, -0.2) is 8.78 Å². The molecule has 4 nitrogen and oxygen atoms in total. The first-order valence-electron chi connectivity index (χ1n) is 4.76.